The van der Waals surface area contributed by atoms with Crippen LogP contribution in [0.25, 0.3) is 22.1 Å². The van der Waals surface area contributed by atoms with Crippen molar-refractivity contribution in [1.82, 2.24) is 5.32 Å². The highest BCUT2D eigenvalue weighted by Crippen LogP contribution is 2.24. The van der Waals surface area contributed by atoms with Gasteiger partial charge in [0.2, 0.25) is 0 Å². The van der Waals surface area contributed by atoms with Crippen LogP contribution >= 0.6 is 11.6 Å². The number of ether oxygens (including phenoxy) is 1. The predicted molar refractivity (Wildman–Crippen MR) is 121 cm³/mol. The Kier molecular flexibility index (Phi) is 6.05. The van der Waals surface area contributed by atoms with Gasteiger partial charge in [-0.1, -0.05) is 54.1 Å². The van der Waals surface area contributed by atoms with Gasteiger partial charge in [0.1, 0.15) is 17.6 Å². The molecular weight excluding hydrogens is 414 g/mol. The van der Waals surface area contributed by atoms with Gasteiger partial charge in [0.05, 0.1) is 17.0 Å². The lowest BCUT2D eigenvalue weighted by Gasteiger charge is -2.14. The summed E-state index contributed by atoms with van der Waals surface area (Å²) in [4.78, 5) is 25.1. The van der Waals surface area contributed by atoms with Crippen LogP contribution in [0.3, 0.4) is 0 Å². The largest absolute Gasteiger partial charge is 0.484 e. The van der Waals surface area contributed by atoms with E-state index < -0.39 is 0 Å². The summed E-state index contributed by atoms with van der Waals surface area (Å²) in [5, 5.41) is 3.92. The minimum Gasteiger partial charge on any atom is -0.484 e. The van der Waals surface area contributed by atoms with Crippen LogP contribution in [0, 0.1) is 0 Å². The zero-order valence-electron chi connectivity index (χ0n) is 16.8. The van der Waals surface area contributed by atoms with Gasteiger partial charge in [0.25, 0.3) is 5.91 Å². The first-order valence-electron chi connectivity index (χ1n) is 9.80. The molecule has 0 aliphatic carbocycles. The van der Waals surface area contributed by atoms with Crippen LogP contribution in [0.1, 0.15) is 18.5 Å². The maximum atomic E-state index is 12.8. The molecule has 0 aliphatic heterocycles. The number of fused-ring (bicyclic) bond motifs is 1. The normalized spacial score (nSPS) is 11.8. The summed E-state index contributed by atoms with van der Waals surface area (Å²) in [7, 11) is 0. The van der Waals surface area contributed by atoms with Crippen molar-refractivity contribution in [2.75, 3.05) is 6.61 Å². The quantitative estimate of drug-likeness (QED) is 0.444. The third kappa shape index (κ3) is 4.78. The lowest BCUT2D eigenvalue weighted by atomic mass is 10.1. The second-order valence-electron chi connectivity index (χ2n) is 7.13. The smallest absolute Gasteiger partial charge is 0.258 e. The van der Waals surface area contributed by atoms with Crippen LogP contribution in [-0.2, 0) is 4.79 Å². The molecule has 4 rings (SSSR count). The van der Waals surface area contributed by atoms with E-state index in [1.807, 2.05) is 37.3 Å². The van der Waals surface area contributed by atoms with Crippen molar-refractivity contribution in [3.05, 3.63) is 99.9 Å². The fourth-order valence-electron chi connectivity index (χ4n) is 3.28. The van der Waals surface area contributed by atoms with E-state index in [9.17, 15) is 9.59 Å². The lowest BCUT2D eigenvalue weighted by Crippen LogP contribution is -2.31. The van der Waals surface area contributed by atoms with E-state index in [0.717, 1.165) is 11.1 Å². The summed E-state index contributed by atoms with van der Waals surface area (Å²) >= 11 is 5.92. The first-order chi connectivity index (χ1) is 15.0. The first-order valence-corrected chi connectivity index (χ1v) is 10.2. The summed E-state index contributed by atoms with van der Waals surface area (Å²) in [5.74, 6) is 0.202. The van der Waals surface area contributed by atoms with Gasteiger partial charge in [-0.05, 0) is 42.3 Å². The van der Waals surface area contributed by atoms with Crippen molar-refractivity contribution in [3.8, 4) is 16.9 Å². The topological polar surface area (TPSA) is 68.5 Å². The Hall–Kier alpha value is -3.57. The number of hydrogen-bond donors (Lipinski definition) is 1. The van der Waals surface area contributed by atoms with Crippen molar-refractivity contribution >= 4 is 28.5 Å². The molecule has 1 atom stereocenters. The fraction of sp³-hybridized carbons (Fsp3) is 0.120. The molecule has 1 heterocycles. The Balaban J connectivity index is 1.46. The Morgan fingerprint density at radius 2 is 1.81 bits per heavy atom. The van der Waals surface area contributed by atoms with E-state index in [0.29, 0.717) is 27.3 Å². The van der Waals surface area contributed by atoms with E-state index >= 15 is 0 Å². The lowest BCUT2D eigenvalue weighted by molar-refractivity contribution is -0.123. The number of nitrogens with one attached hydrogen (secondary N) is 1. The maximum Gasteiger partial charge on any atom is 0.258 e. The van der Waals surface area contributed by atoms with E-state index in [4.69, 9.17) is 20.8 Å². The molecule has 0 saturated heterocycles. The number of carbonyl (C=O) groups is 1. The van der Waals surface area contributed by atoms with Crippen molar-refractivity contribution in [2.45, 2.75) is 13.0 Å². The van der Waals surface area contributed by atoms with Gasteiger partial charge in [0, 0.05) is 11.1 Å². The Morgan fingerprint density at radius 3 is 2.55 bits per heavy atom. The molecule has 156 valence electrons. The monoisotopic (exact) mass is 433 g/mol. The molecule has 31 heavy (non-hydrogen) atoms. The molecule has 1 amide bonds. The summed E-state index contributed by atoms with van der Waals surface area (Å²) in [6.07, 6.45) is 1.42. The summed E-state index contributed by atoms with van der Waals surface area (Å²) < 4.78 is 11.3. The number of rotatable bonds is 6. The van der Waals surface area contributed by atoms with E-state index in [1.54, 1.807) is 42.5 Å². The van der Waals surface area contributed by atoms with Crippen molar-refractivity contribution < 1.29 is 13.9 Å². The second kappa shape index (κ2) is 9.06. The van der Waals surface area contributed by atoms with Crippen LogP contribution in [-0.4, -0.2) is 12.5 Å². The molecule has 1 aromatic heterocycles. The third-order valence-electron chi connectivity index (χ3n) is 4.95. The molecule has 0 unspecified atom stereocenters. The van der Waals surface area contributed by atoms with E-state index in [2.05, 4.69) is 5.32 Å². The second-order valence-corrected chi connectivity index (χ2v) is 7.57. The molecule has 0 fully saturated rings. The SMILES string of the molecule is C[C@@H](NC(=O)COc1ccc2c(=O)c(-c3ccc(Cl)cc3)coc2c1)c1ccccc1. The van der Waals surface area contributed by atoms with Gasteiger partial charge < -0.3 is 14.5 Å². The molecular formula is C25H20ClNO4. The van der Waals surface area contributed by atoms with Crippen LogP contribution in [0.4, 0.5) is 0 Å². The van der Waals surface area contributed by atoms with Gasteiger partial charge in [-0.15, -0.1) is 0 Å². The van der Waals surface area contributed by atoms with E-state index in [1.165, 1.54) is 6.26 Å². The average molecular weight is 434 g/mol. The summed E-state index contributed by atoms with van der Waals surface area (Å²) in [5.41, 5.74) is 2.43. The zero-order valence-corrected chi connectivity index (χ0v) is 17.6. The number of benzene rings is 3. The van der Waals surface area contributed by atoms with E-state index in [-0.39, 0.29) is 24.0 Å². The summed E-state index contributed by atoms with van der Waals surface area (Å²) in [6, 6.07) is 21.4. The molecule has 0 spiro atoms. The standard InChI is InChI=1S/C25H20ClNO4/c1-16(17-5-3-2-4-6-17)27-24(28)15-30-20-11-12-21-23(13-20)31-14-22(25(21)29)18-7-9-19(26)10-8-18/h2-14,16H,15H2,1H3,(H,27,28)/t16-/m1/s1. The number of amides is 1. The minimum atomic E-state index is -0.240. The van der Waals surface area contributed by atoms with Crippen molar-refractivity contribution in [1.29, 1.82) is 0 Å². The number of hydrogen-bond acceptors (Lipinski definition) is 4. The Labute approximate surface area is 184 Å². The number of carbonyl (C=O) groups excluding carboxylic acids is 1. The highest BCUT2D eigenvalue weighted by molar-refractivity contribution is 6.30. The van der Waals surface area contributed by atoms with Crippen LogP contribution < -0.4 is 15.5 Å². The predicted octanol–water partition coefficient (Wildman–Crippen LogP) is 5.37. The highest BCUT2D eigenvalue weighted by atomic mass is 35.5. The Morgan fingerprint density at radius 1 is 1.06 bits per heavy atom. The zero-order chi connectivity index (χ0) is 21.8. The van der Waals surface area contributed by atoms with Gasteiger partial charge in [-0.25, -0.2) is 0 Å². The molecule has 1 N–H and O–H groups in total. The van der Waals surface area contributed by atoms with Crippen LogP contribution in [0.2, 0.25) is 5.02 Å². The van der Waals surface area contributed by atoms with Gasteiger partial charge in [-0.2, -0.15) is 0 Å². The molecule has 6 heteroatoms. The highest BCUT2D eigenvalue weighted by Gasteiger charge is 2.12. The van der Waals surface area contributed by atoms with Crippen molar-refractivity contribution in [3.63, 3.8) is 0 Å². The van der Waals surface area contributed by atoms with Gasteiger partial charge >= 0.3 is 0 Å². The molecule has 0 radical (unpaired) electrons. The van der Waals surface area contributed by atoms with Crippen LogP contribution in [0.5, 0.6) is 5.75 Å². The molecule has 3 aromatic carbocycles. The van der Waals surface area contributed by atoms with Gasteiger partial charge in [0.15, 0.2) is 12.0 Å². The van der Waals surface area contributed by atoms with Crippen molar-refractivity contribution in [2.24, 2.45) is 0 Å². The summed E-state index contributed by atoms with van der Waals surface area (Å²) in [6.45, 7) is 1.77. The number of halogens is 1. The molecule has 4 aromatic rings. The fourth-order valence-corrected chi connectivity index (χ4v) is 3.41. The molecule has 0 aliphatic rings. The maximum absolute atomic E-state index is 12.8. The third-order valence-corrected chi connectivity index (χ3v) is 5.20. The van der Waals surface area contributed by atoms with Crippen LogP contribution in [0.15, 0.2) is 88.3 Å². The average Bonchev–Trinajstić information content (AvgIpc) is 2.79. The minimum absolute atomic E-state index is 0.127. The molecule has 5 nitrogen and oxygen atoms in total. The Bertz CT molecular complexity index is 1270. The first kappa shape index (κ1) is 20.7. The molecule has 0 saturated carbocycles. The van der Waals surface area contributed by atoms with Gasteiger partial charge in [-0.3, -0.25) is 9.59 Å². The molecule has 0 bridgehead atoms.